The Morgan fingerprint density at radius 1 is 0.900 bits per heavy atom. The zero-order valence-electron chi connectivity index (χ0n) is 16.4. The molecule has 4 nitrogen and oxygen atoms in total. The number of nitrogens with one attached hydrogen (secondary N) is 1. The summed E-state index contributed by atoms with van der Waals surface area (Å²) in [5, 5.41) is 5.36. The van der Waals surface area contributed by atoms with Gasteiger partial charge < -0.3 is 4.74 Å². The second-order valence-corrected chi connectivity index (χ2v) is 10.2. The van der Waals surface area contributed by atoms with E-state index in [9.17, 15) is 9.36 Å². The summed E-state index contributed by atoms with van der Waals surface area (Å²) in [6, 6.07) is 25.9. The zero-order valence-corrected chi connectivity index (χ0v) is 18.0. The van der Waals surface area contributed by atoms with Crippen LogP contribution in [0.1, 0.15) is 12.5 Å². The van der Waals surface area contributed by atoms with Gasteiger partial charge in [-0.2, -0.15) is 0 Å². The van der Waals surface area contributed by atoms with Gasteiger partial charge in [-0.25, -0.2) is 9.88 Å². The minimum atomic E-state index is -3.30. The first-order valence-corrected chi connectivity index (χ1v) is 11.7. The smallest absolute Gasteiger partial charge is 0.331 e. The Bertz CT molecular complexity index is 1070. The Kier molecular flexibility index (Phi) is 5.66. The van der Waals surface area contributed by atoms with Crippen molar-refractivity contribution in [2.75, 3.05) is 0 Å². The molecule has 1 aliphatic rings. The molecule has 1 aliphatic heterocycles. The molecule has 0 bridgehead atoms. The molecule has 3 aromatic rings. The van der Waals surface area contributed by atoms with Crippen molar-refractivity contribution in [2.24, 2.45) is 0 Å². The third kappa shape index (κ3) is 3.87. The lowest BCUT2D eigenvalue weighted by molar-refractivity contribution is -0.141. The highest BCUT2D eigenvalue weighted by Gasteiger charge is 2.45. The molecule has 0 saturated carbocycles. The van der Waals surface area contributed by atoms with E-state index in [1.54, 1.807) is 18.2 Å². The summed E-state index contributed by atoms with van der Waals surface area (Å²) < 4.78 is 20.2. The number of carbonyl (C=O) groups is 1. The Morgan fingerprint density at radius 3 is 1.90 bits per heavy atom. The average Bonchev–Trinajstić information content (AvgIpc) is 3.22. The van der Waals surface area contributed by atoms with Gasteiger partial charge in [-0.05, 0) is 55.0 Å². The van der Waals surface area contributed by atoms with Crippen molar-refractivity contribution >= 4 is 35.5 Å². The number of esters is 1. The summed E-state index contributed by atoms with van der Waals surface area (Å²) in [5.41, 5.74) is -0.155. The highest BCUT2D eigenvalue weighted by atomic mass is 35.5. The number of benzene rings is 3. The van der Waals surface area contributed by atoms with E-state index in [0.717, 1.165) is 5.56 Å². The lowest BCUT2D eigenvalue weighted by Crippen LogP contribution is -2.50. The van der Waals surface area contributed by atoms with Crippen LogP contribution >= 0.6 is 18.9 Å². The Hall–Kier alpha value is -2.65. The van der Waals surface area contributed by atoms with Crippen molar-refractivity contribution in [3.05, 3.63) is 108 Å². The van der Waals surface area contributed by atoms with E-state index in [1.165, 1.54) is 6.08 Å². The normalized spacial score (nSPS) is 18.1. The fraction of sp³-hybridized carbons (Fsp3) is 0.125. The second-order valence-electron chi connectivity index (χ2n) is 7.32. The average molecular weight is 438 g/mol. The van der Waals surface area contributed by atoms with E-state index in [0.29, 0.717) is 15.6 Å². The monoisotopic (exact) mass is 437 g/mol. The van der Waals surface area contributed by atoms with Crippen molar-refractivity contribution in [3.8, 4) is 0 Å². The molecule has 0 unspecified atom stereocenters. The quantitative estimate of drug-likeness (QED) is 0.454. The van der Waals surface area contributed by atoms with Crippen molar-refractivity contribution < 1.29 is 14.1 Å². The molecule has 1 heterocycles. The van der Waals surface area contributed by atoms with Gasteiger partial charge in [0.2, 0.25) is 7.29 Å². The number of ether oxygens (including phenoxy) is 1. The standard InChI is InChI=1S/C24H21ClNO3P/c1-24(22-16-17-23(27)29-22,18-12-14-19(25)15-13-18)26-30(28,20-8-4-2-5-9-20)21-10-6-3-7-11-21/h2-17,22H,1H3,(H,26,28)/t22-,24+/m1/s1. The summed E-state index contributed by atoms with van der Waals surface area (Å²) in [6.45, 7) is 1.89. The van der Waals surface area contributed by atoms with E-state index >= 15 is 0 Å². The van der Waals surface area contributed by atoms with Crippen LogP contribution in [0.15, 0.2) is 97.1 Å². The van der Waals surface area contributed by atoms with Gasteiger partial charge >= 0.3 is 5.97 Å². The number of hydrogen-bond donors (Lipinski definition) is 1. The van der Waals surface area contributed by atoms with E-state index in [4.69, 9.17) is 16.3 Å². The molecule has 0 radical (unpaired) electrons. The van der Waals surface area contributed by atoms with Gasteiger partial charge in [-0.3, -0.25) is 4.57 Å². The zero-order chi connectivity index (χ0) is 21.2. The second kappa shape index (κ2) is 8.23. The van der Waals surface area contributed by atoms with Crippen molar-refractivity contribution in [2.45, 2.75) is 18.6 Å². The van der Waals surface area contributed by atoms with Crippen LogP contribution in [0, 0.1) is 0 Å². The molecule has 0 amide bonds. The van der Waals surface area contributed by atoms with Crippen LogP contribution < -0.4 is 15.7 Å². The highest BCUT2D eigenvalue weighted by Crippen LogP contribution is 2.46. The Balaban J connectivity index is 1.87. The van der Waals surface area contributed by atoms with E-state index < -0.39 is 24.9 Å². The van der Waals surface area contributed by atoms with Crippen molar-refractivity contribution in [3.63, 3.8) is 0 Å². The molecule has 1 N–H and O–H groups in total. The molecular formula is C24H21ClNO3P. The van der Waals surface area contributed by atoms with Gasteiger partial charge in [0.25, 0.3) is 0 Å². The lowest BCUT2D eigenvalue weighted by Gasteiger charge is -2.39. The number of cyclic esters (lactones) is 1. The number of carbonyl (C=O) groups excluding carboxylic acids is 1. The fourth-order valence-corrected chi connectivity index (χ4v) is 6.43. The van der Waals surface area contributed by atoms with Crippen LogP contribution in [0.3, 0.4) is 0 Å². The molecule has 4 rings (SSSR count). The summed E-state index contributed by atoms with van der Waals surface area (Å²) in [5.74, 6) is -0.420. The first kappa shape index (κ1) is 20.6. The minimum absolute atomic E-state index is 0.420. The van der Waals surface area contributed by atoms with Crippen LogP contribution in [0.2, 0.25) is 5.02 Å². The van der Waals surface area contributed by atoms with Gasteiger partial charge in [-0.1, -0.05) is 60.1 Å². The molecule has 30 heavy (non-hydrogen) atoms. The molecule has 0 spiro atoms. The number of rotatable bonds is 6. The molecule has 0 fully saturated rings. The van der Waals surface area contributed by atoms with Gasteiger partial charge in [0.1, 0.15) is 6.10 Å². The molecule has 152 valence electrons. The first-order chi connectivity index (χ1) is 14.4. The van der Waals surface area contributed by atoms with Crippen LogP contribution in [0.4, 0.5) is 0 Å². The molecule has 3 aromatic carbocycles. The fourth-order valence-electron chi connectivity index (χ4n) is 3.65. The van der Waals surface area contributed by atoms with Crippen molar-refractivity contribution in [1.82, 2.24) is 5.09 Å². The number of hydrogen-bond acceptors (Lipinski definition) is 3. The molecular weight excluding hydrogens is 417 g/mol. The van der Waals surface area contributed by atoms with Gasteiger partial charge in [-0.15, -0.1) is 0 Å². The topological polar surface area (TPSA) is 55.4 Å². The molecule has 6 heteroatoms. The molecule has 0 aliphatic carbocycles. The largest absolute Gasteiger partial charge is 0.453 e. The predicted octanol–water partition coefficient (Wildman–Crippen LogP) is 4.56. The third-order valence-corrected chi connectivity index (χ3v) is 8.37. The molecule has 0 saturated heterocycles. The first-order valence-electron chi connectivity index (χ1n) is 9.57. The number of halogens is 1. The van der Waals surface area contributed by atoms with E-state index in [2.05, 4.69) is 5.09 Å². The summed E-state index contributed by atoms with van der Waals surface area (Å²) >= 11 is 6.09. The Morgan fingerprint density at radius 2 is 1.43 bits per heavy atom. The molecule has 2 atom stereocenters. The maximum atomic E-state index is 14.6. The van der Waals surface area contributed by atoms with Crippen molar-refractivity contribution in [1.29, 1.82) is 0 Å². The summed E-state index contributed by atoms with van der Waals surface area (Å²) in [4.78, 5) is 11.9. The summed E-state index contributed by atoms with van der Waals surface area (Å²) in [6.07, 6.45) is 2.47. The van der Waals surface area contributed by atoms with Crippen LogP contribution in [-0.4, -0.2) is 12.1 Å². The maximum Gasteiger partial charge on any atom is 0.331 e. The van der Waals surface area contributed by atoms with Crippen LogP contribution in [-0.2, 0) is 19.6 Å². The SMILES string of the molecule is C[C@](NP(=O)(c1ccccc1)c1ccccc1)(c1ccc(Cl)cc1)[C@H]1C=CC(=O)O1. The van der Waals surface area contributed by atoms with Gasteiger partial charge in [0.15, 0.2) is 0 Å². The summed E-state index contributed by atoms with van der Waals surface area (Å²) in [7, 11) is -3.30. The molecule has 0 aromatic heterocycles. The van der Waals surface area contributed by atoms with Gasteiger partial charge in [0, 0.05) is 21.7 Å². The van der Waals surface area contributed by atoms with Crippen LogP contribution in [0.25, 0.3) is 0 Å². The lowest BCUT2D eigenvalue weighted by atomic mass is 9.87. The van der Waals surface area contributed by atoms with E-state index in [1.807, 2.05) is 79.7 Å². The van der Waals surface area contributed by atoms with Gasteiger partial charge in [0.05, 0.1) is 5.54 Å². The van der Waals surface area contributed by atoms with Crippen LogP contribution in [0.5, 0.6) is 0 Å². The highest BCUT2D eigenvalue weighted by molar-refractivity contribution is 7.77. The third-order valence-electron chi connectivity index (χ3n) is 5.29. The minimum Gasteiger partial charge on any atom is -0.453 e. The van der Waals surface area contributed by atoms with E-state index in [-0.39, 0.29) is 0 Å². The maximum absolute atomic E-state index is 14.6. The predicted molar refractivity (Wildman–Crippen MR) is 121 cm³/mol. The Labute approximate surface area is 181 Å².